The molecule has 2 N–H and O–H groups in total. The predicted octanol–water partition coefficient (Wildman–Crippen LogP) is 1.45. The molecule has 0 saturated carbocycles. The van der Waals surface area contributed by atoms with Crippen molar-refractivity contribution in [1.82, 2.24) is 0 Å². The van der Waals surface area contributed by atoms with Crippen LogP contribution in [0.5, 0.6) is 0 Å². The Hall–Kier alpha value is -1.12. The molecule has 0 bridgehead atoms. The third-order valence-corrected chi connectivity index (χ3v) is 2.12. The maximum atomic E-state index is 5.18. The van der Waals surface area contributed by atoms with E-state index in [2.05, 4.69) is 24.8 Å². The Balaban J connectivity index is 0.000000845. The molecule has 1 aliphatic rings. The molecule has 1 unspecified atom stereocenters. The Labute approximate surface area is 78.2 Å². The van der Waals surface area contributed by atoms with E-state index in [1.54, 1.807) is 0 Å². The summed E-state index contributed by atoms with van der Waals surface area (Å²) in [5, 5.41) is 0. The number of hydrogen-bond donors (Lipinski definition) is 0. The number of epoxide rings is 1. The Morgan fingerprint density at radius 2 is 2.15 bits per heavy atom. The normalized spacial score (nSPS) is 18.9. The average molecular weight is 178 g/mol. The van der Waals surface area contributed by atoms with Gasteiger partial charge in [-0.1, -0.05) is 36.9 Å². The lowest BCUT2D eigenvalue weighted by Gasteiger charge is -2.02. The Morgan fingerprint density at radius 1 is 1.46 bits per heavy atom. The molecule has 1 aromatic rings. The van der Waals surface area contributed by atoms with E-state index >= 15 is 0 Å². The highest BCUT2D eigenvalue weighted by molar-refractivity contribution is 5.51. The third kappa shape index (κ3) is 2.41. The van der Waals surface area contributed by atoms with Gasteiger partial charge in [0.1, 0.15) is 0 Å². The van der Waals surface area contributed by atoms with Crippen LogP contribution < -0.4 is 0 Å². The van der Waals surface area contributed by atoms with E-state index in [4.69, 9.17) is 4.74 Å². The van der Waals surface area contributed by atoms with Gasteiger partial charge in [0.25, 0.3) is 0 Å². The van der Waals surface area contributed by atoms with Crippen LogP contribution in [0.1, 0.15) is 11.1 Å². The molecule has 0 aliphatic carbocycles. The molecule has 1 heterocycles. The summed E-state index contributed by atoms with van der Waals surface area (Å²) in [4.78, 5) is 0. The molecule has 70 valence electrons. The van der Waals surface area contributed by atoms with Gasteiger partial charge in [0.2, 0.25) is 0 Å². The zero-order chi connectivity index (χ0) is 8.39. The van der Waals surface area contributed by atoms with Crippen molar-refractivity contribution >= 4 is 6.08 Å². The zero-order valence-corrected chi connectivity index (χ0v) is 7.49. The molecule has 1 fully saturated rings. The summed E-state index contributed by atoms with van der Waals surface area (Å²) in [5.74, 6) is 0. The second-order valence-electron chi connectivity index (χ2n) is 3.06. The van der Waals surface area contributed by atoms with Crippen LogP contribution in [0.25, 0.3) is 6.08 Å². The largest absolute Gasteiger partial charge is 0.412 e. The maximum absolute atomic E-state index is 5.18. The van der Waals surface area contributed by atoms with Gasteiger partial charge in [-0.25, -0.2) is 0 Å². The molecule has 2 rings (SSSR count). The summed E-state index contributed by atoms with van der Waals surface area (Å²) in [6, 6.07) is 8.32. The smallest absolute Gasteiger partial charge is 0.0850 e. The van der Waals surface area contributed by atoms with Crippen LogP contribution >= 0.6 is 0 Å². The van der Waals surface area contributed by atoms with Crippen LogP contribution in [0.4, 0.5) is 0 Å². The highest BCUT2D eigenvalue weighted by Crippen LogP contribution is 2.19. The van der Waals surface area contributed by atoms with Crippen LogP contribution in [-0.2, 0) is 11.2 Å². The minimum Gasteiger partial charge on any atom is -0.412 e. The lowest BCUT2D eigenvalue weighted by atomic mass is 10.0. The highest BCUT2D eigenvalue weighted by Gasteiger charge is 2.22. The van der Waals surface area contributed by atoms with Crippen LogP contribution in [0.3, 0.4) is 0 Å². The van der Waals surface area contributed by atoms with Crippen molar-refractivity contribution in [2.45, 2.75) is 12.5 Å². The molecule has 1 atom stereocenters. The minimum absolute atomic E-state index is 0. The van der Waals surface area contributed by atoms with Gasteiger partial charge in [-0.2, -0.15) is 0 Å². The number of ether oxygens (including phenoxy) is 1. The molecule has 0 amide bonds. The molecule has 1 aliphatic heterocycles. The molecular weight excluding hydrogens is 164 g/mol. The SMILES string of the molecule is C=Cc1ccccc1CC1CO1.O. The van der Waals surface area contributed by atoms with Crippen molar-refractivity contribution in [3.8, 4) is 0 Å². The van der Waals surface area contributed by atoms with Gasteiger partial charge >= 0.3 is 0 Å². The first-order valence-electron chi connectivity index (χ1n) is 4.22. The fourth-order valence-electron chi connectivity index (χ4n) is 1.35. The number of rotatable bonds is 3. The van der Waals surface area contributed by atoms with Crippen molar-refractivity contribution in [2.24, 2.45) is 0 Å². The maximum Gasteiger partial charge on any atom is 0.0850 e. The first kappa shape index (κ1) is 9.96. The zero-order valence-electron chi connectivity index (χ0n) is 7.49. The van der Waals surface area contributed by atoms with Crippen molar-refractivity contribution in [1.29, 1.82) is 0 Å². The molecule has 13 heavy (non-hydrogen) atoms. The molecule has 1 aromatic carbocycles. The standard InChI is InChI=1S/C11H12O.H2O/c1-2-9-5-3-4-6-10(9)7-11-8-12-11;/h2-6,11H,1,7-8H2;1H2. The summed E-state index contributed by atoms with van der Waals surface area (Å²) in [6.07, 6.45) is 3.39. The topological polar surface area (TPSA) is 44.0 Å². The summed E-state index contributed by atoms with van der Waals surface area (Å²) < 4.78 is 5.18. The Morgan fingerprint density at radius 3 is 2.77 bits per heavy atom. The average Bonchev–Trinajstić information content (AvgIpc) is 2.89. The molecule has 0 aromatic heterocycles. The lowest BCUT2D eigenvalue weighted by molar-refractivity contribution is 0.407. The van der Waals surface area contributed by atoms with E-state index in [0.717, 1.165) is 13.0 Å². The van der Waals surface area contributed by atoms with Crippen molar-refractivity contribution in [3.63, 3.8) is 0 Å². The molecule has 0 spiro atoms. The first-order chi connectivity index (χ1) is 5.90. The van der Waals surface area contributed by atoms with Gasteiger partial charge in [-0.3, -0.25) is 0 Å². The fraction of sp³-hybridized carbons (Fsp3) is 0.273. The van der Waals surface area contributed by atoms with Gasteiger partial charge < -0.3 is 10.2 Å². The van der Waals surface area contributed by atoms with E-state index in [9.17, 15) is 0 Å². The number of benzene rings is 1. The second-order valence-corrected chi connectivity index (χ2v) is 3.06. The van der Waals surface area contributed by atoms with Crippen molar-refractivity contribution in [2.75, 3.05) is 6.61 Å². The van der Waals surface area contributed by atoms with E-state index in [-0.39, 0.29) is 5.48 Å². The Bertz CT molecular complexity index is 290. The summed E-state index contributed by atoms with van der Waals surface area (Å²) in [5.41, 5.74) is 2.57. The lowest BCUT2D eigenvalue weighted by Crippen LogP contribution is -1.94. The van der Waals surface area contributed by atoms with Crippen molar-refractivity contribution < 1.29 is 10.2 Å². The van der Waals surface area contributed by atoms with Crippen LogP contribution in [0.2, 0.25) is 0 Å². The summed E-state index contributed by atoms with van der Waals surface area (Å²) in [6.45, 7) is 4.70. The monoisotopic (exact) mass is 178 g/mol. The van der Waals surface area contributed by atoms with Gasteiger partial charge in [0, 0.05) is 6.42 Å². The first-order valence-corrected chi connectivity index (χ1v) is 4.22. The quantitative estimate of drug-likeness (QED) is 0.646. The van der Waals surface area contributed by atoms with E-state index in [1.165, 1.54) is 11.1 Å². The Kier molecular flexibility index (Phi) is 3.23. The molecule has 2 nitrogen and oxygen atoms in total. The summed E-state index contributed by atoms with van der Waals surface area (Å²) in [7, 11) is 0. The van der Waals surface area contributed by atoms with E-state index in [0.29, 0.717) is 6.10 Å². The molecule has 1 saturated heterocycles. The van der Waals surface area contributed by atoms with Gasteiger partial charge in [-0.05, 0) is 11.1 Å². The van der Waals surface area contributed by atoms with Crippen LogP contribution in [-0.4, -0.2) is 18.2 Å². The highest BCUT2D eigenvalue weighted by atomic mass is 16.6. The van der Waals surface area contributed by atoms with Crippen molar-refractivity contribution in [3.05, 3.63) is 42.0 Å². The fourth-order valence-corrected chi connectivity index (χ4v) is 1.35. The van der Waals surface area contributed by atoms with E-state index < -0.39 is 0 Å². The van der Waals surface area contributed by atoms with Crippen LogP contribution in [0.15, 0.2) is 30.8 Å². The molecule has 2 heteroatoms. The minimum atomic E-state index is 0. The predicted molar refractivity (Wildman–Crippen MR) is 53.6 cm³/mol. The van der Waals surface area contributed by atoms with E-state index in [1.807, 2.05) is 12.1 Å². The summed E-state index contributed by atoms with van der Waals surface area (Å²) >= 11 is 0. The second kappa shape index (κ2) is 4.21. The molecule has 0 radical (unpaired) electrons. The van der Waals surface area contributed by atoms with Crippen LogP contribution in [0, 0.1) is 0 Å². The third-order valence-electron chi connectivity index (χ3n) is 2.12. The molecular formula is C11H14O2. The van der Waals surface area contributed by atoms with Gasteiger partial charge in [-0.15, -0.1) is 0 Å². The van der Waals surface area contributed by atoms with Gasteiger partial charge in [0.15, 0.2) is 0 Å². The van der Waals surface area contributed by atoms with Gasteiger partial charge in [0.05, 0.1) is 12.7 Å². The number of hydrogen-bond acceptors (Lipinski definition) is 1.